The molecule has 0 aliphatic carbocycles. The van der Waals surface area contributed by atoms with E-state index in [1.54, 1.807) is 17.9 Å². The third kappa shape index (κ3) is 5.77. The van der Waals surface area contributed by atoms with Crippen LogP contribution in [0.2, 0.25) is 0 Å². The van der Waals surface area contributed by atoms with Gasteiger partial charge in [0.05, 0.1) is 6.54 Å². The Labute approximate surface area is 132 Å². The van der Waals surface area contributed by atoms with Gasteiger partial charge in [0.25, 0.3) is 5.56 Å². The number of anilines is 1. The van der Waals surface area contributed by atoms with Gasteiger partial charge in [-0.15, -0.1) is 0 Å². The van der Waals surface area contributed by atoms with Crippen LogP contribution in [-0.4, -0.2) is 49.9 Å². The van der Waals surface area contributed by atoms with Gasteiger partial charge in [-0.3, -0.25) is 14.5 Å². The molecule has 0 aliphatic heterocycles. The minimum atomic E-state index is -0.273. The Morgan fingerprint density at radius 2 is 2.26 bits per heavy atom. The fraction of sp³-hybridized carbons (Fsp3) is 0.462. The number of rotatable bonds is 7. The number of nitrogens with zero attached hydrogens (tertiary/aromatic N) is 4. The standard InChI is InChI=1S/C13H20N8O2/c1-9-5-11(22)20-12(18-9)15-3-4-16-13(23)19-10(2)6-21-8-14-7-17-21/h5,7-8,10H,3-4,6H2,1-2H3,(H2,16,19,23)(H2,15,18,20,22)/t10-/m0/s1. The Kier molecular flexibility index (Phi) is 5.67. The first-order chi connectivity index (χ1) is 11.0. The van der Waals surface area contributed by atoms with Gasteiger partial charge >= 0.3 is 6.03 Å². The lowest BCUT2D eigenvalue weighted by atomic mass is 10.3. The molecular formula is C13H20N8O2. The van der Waals surface area contributed by atoms with Crippen LogP contribution in [0.1, 0.15) is 12.6 Å². The third-order valence-corrected chi connectivity index (χ3v) is 2.88. The highest BCUT2D eigenvalue weighted by Gasteiger charge is 2.07. The molecule has 0 radical (unpaired) electrons. The molecule has 1 atom stereocenters. The van der Waals surface area contributed by atoms with E-state index >= 15 is 0 Å². The maximum Gasteiger partial charge on any atom is 0.315 e. The summed E-state index contributed by atoms with van der Waals surface area (Å²) in [5, 5.41) is 12.4. The van der Waals surface area contributed by atoms with Gasteiger partial charge in [-0.25, -0.2) is 14.8 Å². The van der Waals surface area contributed by atoms with E-state index in [1.165, 1.54) is 12.4 Å². The lowest BCUT2D eigenvalue weighted by molar-refractivity contribution is 0.236. The number of carbonyl (C=O) groups excluding carboxylic acids is 1. The molecule has 23 heavy (non-hydrogen) atoms. The summed E-state index contributed by atoms with van der Waals surface area (Å²) in [5.74, 6) is 0.386. The van der Waals surface area contributed by atoms with E-state index in [0.29, 0.717) is 31.3 Å². The van der Waals surface area contributed by atoms with Gasteiger partial charge in [-0.05, 0) is 13.8 Å². The number of carbonyl (C=O) groups is 1. The first kappa shape index (κ1) is 16.5. The SMILES string of the molecule is Cc1cc(=O)[nH]c(NCCNC(=O)N[C@@H](C)Cn2cncn2)n1. The van der Waals surface area contributed by atoms with Gasteiger partial charge in [0.15, 0.2) is 0 Å². The second-order valence-corrected chi connectivity index (χ2v) is 5.08. The Morgan fingerprint density at radius 3 is 2.96 bits per heavy atom. The van der Waals surface area contributed by atoms with Gasteiger partial charge < -0.3 is 16.0 Å². The van der Waals surface area contributed by atoms with E-state index < -0.39 is 0 Å². The average molecular weight is 320 g/mol. The van der Waals surface area contributed by atoms with Crippen molar-refractivity contribution in [2.75, 3.05) is 18.4 Å². The molecule has 10 heteroatoms. The van der Waals surface area contributed by atoms with Gasteiger partial charge in [0.2, 0.25) is 5.95 Å². The predicted octanol–water partition coefficient (Wildman–Crippen LogP) is -0.530. The fourth-order valence-electron chi connectivity index (χ4n) is 1.95. The molecule has 10 nitrogen and oxygen atoms in total. The second kappa shape index (κ2) is 7.92. The summed E-state index contributed by atoms with van der Waals surface area (Å²) in [7, 11) is 0. The molecular weight excluding hydrogens is 300 g/mol. The fourth-order valence-corrected chi connectivity index (χ4v) is 1.95. The molecule has 0 saturated heterocycles. The molecule has 0 spiro atoms. The summed E-state index contributed by atoms with van der Waals surface area (Å²) < 4.78 is 1.65. The van der Waals surface area contributed by atoms with Gasteiger partial charge in [-0.2, -0.15) is 5.10 Å². The van der Waals surface area contributed by atoms with Crippen LogP contribution in [0.4, 0.5) is 10.7 Å². The van der Waals surface area contributed by atoms with E-state index in [0.717, 1.165) is 0 Å². The monoisotopic (exact) mass is 320 g/mol. The van der Waals surface area contributed by atoms with Crippen LogP contribution in [0, 0.1) is 6.92 Å². The lowest BCUT2D eigenvalue weighted by Gasteiger charge is -2.14. The average Bonchev–Trinajstić information content (AvgIpc) is 2.95. The van der Waals surface area contributed by atoms with Gasteiger partial charge in [-0.1, -0.05) is 0 Å². The van der Waals surface area contributed by atoms with Crippen LogP contribution in [0.25, 0.3) is 0 Å². The molecule has 0 fully saturated rings. The highest BCUT2D eigenvalue weighted by molar-refractivity contribution is 5.74. The Balaban J connectivity index is 1.65. The highest BCUT2D eigenvalue weighted by atomic mass is 16.2. The number of hydrogen-bond acceptors (Lipinski definition) is 6. The summed E-state index contributed by atoms with van der Waals surface area (Å²) in [4.78, 5) is 33.6. The van der Waals surface area contributed by atoms with Crippen molar-refractivity contribution < 1.29 is 4.79 Å². The van der Waals surface area contributed by atoms with E-state index in [9.17, 15) is 9.59 Å². The van der Waals surface area contributed by atoms with Crippen molar-refractivity contribution >= 4 is 12.0 Å². The van der Waals surface area contributed by atoms with Crippen LogP contribution >= 0.6 is 0 Å². The normalized spacial score (nSPS) is 11.7. The molecule has 2 heterocycles. The lowest BCUT2D eigenvalue weighted by Crippen LogP contribution is -2.44. The van der Waals surface area contributed by atoms with Crippen LogP contribution in [0.15, 0.2) is 23.5 Å². The van der Waals surface area contributed by atoms with Crippen LogP contribution < -0.4 is 21.5 Å². The van der Waals surface area contributed by atoms with Crippen LogP contribution in [0.3, 0.4) is 0 Å². The molecule has 4 N–H and O–H groups in total. The van der Waals surface area contributed by atoms with Crippen molar-refractivity contribution in [1.29, 1.82) is 0 Å². The molecule has 2 rings (SSSR count). The van der Waals surface area contributed by atoms with E-state index in [4.69, 9.17) is 0 Å². The van der Waals surface area contributed by atoms with Gasteiger partial charge in [0, 0.05) is 30.9 Å². The summed E-state index contributed by atoms with van der Waals surface area (Å²) in [6.07, 6.45) is 3.04. The molecule has 0 unspecified atom stereocenters. The number of nitrogens with one attached hydrogen (secondary N) is 4. The summed E-state index contributed by atoms with van der Waals surface area (Å²) in [6, 6.07) is 1.05. The first-order valence-electron chi connectivity index (χ1n) is 7.21. The number of amides is 2. The van der Waals surface area contributed by atoms with Crippen molar-refractivity contribution in [2.24, 2.45) is 0 Å². The Hall–Kier alpha value is -2.91. The summed E-state index contributed by atoms with van der Waals surface area (Å²) in [5.41, 5.74) is 0.413. The molecule has 0 aliphatic rings. The smallest absolute Gasteiger partial charge is 0.315 e. The molecule has 0 aromatic carbocycles. The molecule has 2 amide bonds. The number of urea groups is 1. The van der Waals surface area contributed by atoms with Crippen molar-refractivity contribution in [3.05, 3.63) is 34.8 Å². The van der Waals surface area contributed by atoms with Crippen molar-refractivity contribution in [3.63, 3.8) is 0 Å². The van der Waals surface area contributed by atoms with E-state index in [1.807, 2.05) is 6.92 Å². The zero-order valence-corrected chi connectivity index (χ0v) is 13.0. The zero-order chi connectivity index (χ0) is 16.7. The first-order valence-corrected chi connectivity index (χ1v) is 7.21. The maximum absolute atomic E-state index is 11.7. The summed E-state index contributed by atoms with van der Waals surface area (Å²) in [6.45, 7) is 4.99. The number of aromatic amines is 1. The van der Waals surface area contributed by atoms with Crippen molar-refractivity contribution in [2.45, 2.75) is 26.4 Å². The molecule has 0 bridgehead atoms. The molecule has 0 saturated carbocycles. The topological polar surface area (TPSA) is 130 Å². The minimum Gasteiger partial charge on any atom is -0.354 e. The largest absolute Gasteiger partial charge is 0.354 e. The number of aromatic nitrogens is 5. The van der Waals surface area contributed by atoms with Crippen molar-refractivity contribution in [3.8, 4) is 0 Å². The third-order valence-electron chi connectivity index (χ3n) is 2.88. The molecule has 2 aromatic heterocycles. The number of hydrogen-bond donors (Lipinski definition) is 4. The Morgan fingerprint density at radius 1 is 1.43 bits per heavy atom. The second-order valence-electron chi connectivity index (χ2n) is 5.08. The minimum absolute atomic E-state index is 0.0838. The zero-order valence-electron chi connectivity index (χ0n) is 13.0. The molecule has 124 valence electrons. The predicted molar refractivity (Wildman–Crippen MR) is 84.1 cm³/mol. The van der Waals surface area contributed by atoms with E-state index in [2.05, 4.69) is 36.0 Å². The van der Waals surface area contributed by atoms with Gasteiger partial charge in [0.1, 0.15) is 12.7 Å². The quantitative estimate of drug-likeness (QED) is 0.507. The maximum atomic E-state index is 11.7. The van der Waals surface area contributed by atoms with Crippen LogP contribution in [-0.2, 0) is 6.54 Å². The van der Waals surface area contributed by atoms with Crippen molar-refractivity contribution in [1.82, 2.24) is 35.4 Å². The Bertz CT molecular complexity index is 682. The van der Waals surface area contributed by atoms with Crippen LogP contribution in [0.5, 0.6) is 0 Å². The summed E-state index contributed by atoms with van der Waals surface area (Å²) >= 11 is 0. The van der Waals surface area contributed by atoms with E-state index in [-0.39, 0.29) is 17.6 Å². The number of aryl methyl sites for hydroxylation is 1. The molecule has 2 aromatic rings. The number of H-pyrrole nitrogens is 1. The highest BCUT2D eigenvalue weighted by Crippen LogP contribution is 1.94.